The number of quaternary nitrogens is 1. The van der Waals surface area contributed by atoms with Crippen LogP contribution in [0.4, 0.5) is 0 Å². The monoisotopic (exact) mass is 924 g/mol. The summed E-state index contributed by atoms with van der Waals surface area (Å²) in [5.41, 5.74) is 0. The van der Waals surface area contributed by atoms with Crippen LogP contribution >= 0.6 is 7.82 Å². The van der Waals surface area contributed by atoms with Crippen LogP contribution < -0.4 is 5.32 Å². The summed E-state index contributed by atoms with van der Waals surface area (Å²) < 4.78 is 23.7. The van der Waals surface area contributed by atoms with Crippen molar-refractivity contribution in [1.29, 1.82) is 0 Å². The first-order chi connectivity index (χ1) is 31.0. The SMILES string of the molecule is CCCCCCCCCCCCC/C=C/CC/C=C/CC/C=C/C(O)C(COP(=O)(O)OCC[N+](C)(C)C)NC(=O)CCCCCCCCCCCCCCCCCCCCCCC. The fourth-order valence-corrected chi connectivity index (χ4v) is 8.75. The van der Waals surface area contributed by atoms with E-state index in [1.54, 1.807) is 6.08 Å². The molecule has 3 unspecified atom stereocenters. The van der Waals surface area contributed by atoms with E-state index in [9.17, 15) is 19.4 Å². The molecule has 0 aliphatic carbocycles. The number of carbonyl (C=O) groups is 1. The van der Waals surface area contributed by atoms with Gasteiger partial charge in [0.1, 0.15) is 13.2 Å². The highest BCUT2D eigenvalue weighted by Gasteiger charge is 2.27. The predicted octanol–water partition coefficient (Wildman–Crippen LogP) is 16.2. The molecule has 0 bridgehead atoms. The number of aliphatic hydroxyl groups excluding tert-OH is 1. The van der Waals surface area contributed by atoms with Gasteiger partial charge in [0.25, 0.3) is 0 Å². The number of amides is 1. The number of aliphatic hydroxyl groups is 1. The number of likely N-dealkylation sites (N-methyl/N-ethyl adjacent to an activating group) is 1. The van der Waals surface area contributed by atoms with Gasteiger partial charge in [-0.1, -0.05) is 243 Å². The molecule has 0 aliphatic rings. The van der Waals surface area contributed by atoms with Crippen molar-refractivity contribution in [3.8, 4) is 0 Å². The molecule has 378 valence electrons. The van der Waals surface area contributed by atoms with Gasteiger partial charge in [-0.3, -0.25) is 13.8 Å². The van der Waals surface area contributed by atoms with Crippen LogP contribution in [0.1, 0.15) is 258 Å². The largest absolute Gasteiger partial charge is 0.472 e. The van der Waals surface area contributed by atoms with Crippen molar-refractivity contribution < 1.29 is 32.9 Å². The Balaban J connectivity index is 4.31. The summed E-state index contributed by atoms with van der Waals surface area (Å²) in [4.78, 5) is 23.3. The summed E-state index contributed by atoms with van der Waals surface area (Å²) >= 11 is 0. The van der Waals surface area contributed by atoms with Gasteiger partial charge in [0.2, 0.25) is 5.91 Å². The third-order valence-electron chi connectivity index (χ3n) is 12.3. The number of phosphoric acid groups is 1. The predicted molar refractivity (Wildman–Crippen MR) is 277 cm³/mol. The zero-order valence-corrected chi connectivity index (χ0v) is 43.9. The fourth-order valence-electron chi connectivity index (χ4n) is 8.02. The highest BCUT2D eigenvalue weighted by Crippen LogP contribution is 2.43. The van der Waals surface area contributed by atoms with E-state index in [2.05, 4.69) is 43.5 Å². The molecule has 8 nitrogen and oxygen atoms in total. The van der Waals surface area contributed by atoms with E-state index in [1.165, 1.54) is 193 Å². The number of rotatable bonds is 50. The van der Waals surface area contributed by atoms with Crippen LogP contribution in [0.15, 0.2) is 36.5 Å². The van der Waals surface area contributed by atoms with Gasteiger partial charge in [0, 0.05) is 6.42 Å². The van der Waals surface area contributed by atoms with Gasteiger partial charge in [-0.2, -0.15) is 0 Å². The summed E-state index contributed by atoms with van der Waals surface area (Å²) in [6.45, 7) is 4.82. The maximum absolute atomic E-state index is 12.9. The van der Waals surface area contributed by atoms with Crippen molar-refractivity contribution in [2.24, 2.45) is 0 Å². The number of carbonyl (C=O) groups excluding carboxylic acids is 1. The second kappa shape index (κ2) is 46.8. The maximum atomic E-state index is 12.9. The Morgan fingerprint density at radius 2 is 0.859 bits per heavy atom. The second-order valence-corrected chi connectivity index (χ2v) is 21.4. The lowest BCUT2D eigenvalue weighted by Crippen LogP contribution is -2.45. The van der Waals surface area contributed by atoms with Crippen LogP contribution in [0, 0.1) is 0 Å². The van der Waals surface area contributed by atoms with Crippen molar-refractivity contribution in [3.63, 3.8) is 0 Å². The molecular formula is C55H108N2O6P+. The van der Waals surface area contributed by atoms with Gasteiger partial charge in [-0.05, 0) is 44.9 Å². The van der Waals surface area contributed by atoms with Crippen LogP contribution in [0.5, 0.6) is 0 Å². The molecule has 0 saturated heterocycles. The minimum absolute atomic E-state index is 0.0550. The molecule has 0 aliphatic heterocycles. The van der Waals surface area contributed by atoms with E-state index in [0.717, 1.165) is 44.9 Å². The molecule has 9 heteroatoms. The van der Waals surface area contributed by atoms with Gasteiger partial charge < -0.3 is 19.8 Å². The van der Waals surface area contributed by atoms with E-state index in [1.807, 2.05) is 27.2 Å². The number of hydrogen-bond donors (Lipinski definition) is 3. The first-order valence-electron chi connectivity index (χ1n) is 27.4. The van der Waals surface area contributed by atoms with Gasteiger partial charge in [-0.15, -0.1) is 0 Å². The zero-order valence-electron chi connectivity index (χ0n) is 43.0. The van der Waals surface area contributed by atoms with Gasteiger partial charge >= 0.3 is 7.82 Å². The van der Waals surface area contributed by atoms with Gasteiger partial charge in [-0.25, -0.2) is 4.57 Å². The Bertz CT molecular complexity index is 1140. The van der Waals surface area contributed by atoms with Gasteiger partial charge in [0.15, 0.2) is 0 Å². The number of phosphoric ester groups is 1. The van der Waals surface area contributed by atoms with E-state index in [4.69, 9.17) is 9.05 Å². The van der Waals surface area contributed by atoms with Crippen LogP contribution in [0.25, 0.3) is 0 Å². The molecule has 3 N–H and O–H groups in total. The zero-order chi connectivity index (χ0) is 47.1. The summed E-state index contributed by atoms with van der Waals surface area (Å²) in [6.07, 6.45) is 59.5. The highest BCUT2D eigenvalue weighted by atomic mass is 31.2. The summed E-state index contributed by atoms with van der Waals surface area (Å²) in [7, 11) is 1.55. The van der Waals surface area contributed by atoms with Crippen LogP contribution in [0.3, 0.4) is 0 Å². The maximum Gasteiger partial charge on any atom is 0.472 e. The Hall–Kier alpha value is -1.28. The van der Waals surface area contributed by atoms with E-state index < -0.39 is 20.0 Å². The van der Waals surface area contributed by atoms with Crippen LogP contribution in [0.2, 0.25) is 0 Å². The van der Waals surface area contributed by atoms with Gasteiger partial charge in [0.05, 0.1) is 39.9 Å². The standard InChI is InChI=1S/C55H107N2O6P/c1-6-8-10-12-14-16-18-20-22-24-26-28-30-32-34-36-38-40-42-44-46-48-54(58)53(52-63-64(60,61)62-51-50-57(3,4)5)56-55(59)49-47-45-43-41-39-37-35-33-31-29-27-25-23-21-19-17-15-13-11-9-7-2/h30,32,38,40,46,48,53-54,58H,6-29,31,33-37,39,41-45,47,49-52H2,1-5H3,(H-,56,59,60,61)/p+1/b32-30+,40-38+,48-46+. The lowest BCUT2D eigenvalue weighted by atomic mass is 10.0. The smallest absolute Gasteiger partial charge is 0.387 e. The molecule has 0 fully saturated rings. The van der Waals surface area contributed by atoms with Crippen molar-refractivity contribution in [1.82, 2.24) is 5.32 Å². The summed E-state index contributed by atoms with van der Waals surface area (Å²) in [5.74, 6) is -0.187. The molecule has 64 heavy (non-hydrogen) atoms. The first-order valence-corrected chi connectivity index (χ1v) is 28.9. The van der Waals surface area contributed by atoms with Crippen molar-refractivity contribution >= 4 is 13.7 Å². The normalized spacial score (nSPS) is 14.3. The third kappa shape index (κ3) is 48.6. The topological polar surface area (TPSA) is 105 Å². The second-order valence-electron chi connectivity index (χ2n) is 19.9. The lowest BCUT2D eigenvalue weighted by molar-refractivity contribution is -0.870. The molecule has 0 spiro atoms. The molecule has 0 aromatic heterocycles. The molecule has 1 amide bonds. The molecule has 0 radical (unpaired) electrons. The number of nitrogens with zero attached hydrogens (tertiary/aromatic N) is 1. The average Bonchev–Trinajstić information content (AvgIpc) is 3.25. The number of hydrogen-bond acceptors (Lipinski definition) is 5. The van der Waals surface area contributed by atoms with Crippen LogP contribution in [-0.2, 0) is 18.4 Å². The molecular weight excluding hydrogens is 816 g/mol. The summed E-state index contributed by atoms with van der Waals surface area (Å²) in [5, 5.41) is 13.9. The highest BCUT2D eigenvalue weighted by molar-refractivity contribution is 7.47. The third-order valence-corrected chi connectivity index (χ3v) is 13.3. The van der Waals surface area contributed by atoms with Crippen LogP contribution in [-0.4, -0.2) is 73.4 Å². The number of unbranched alkanes of at least 4 members (excludes halogenated alkanes) is 33. The molecule has 0 aromatic carbocycles. The van der Waals surface area contributed by atoms with E-state index in [-0.39, 0.29) is 19.1 Å². The first kappa shape index (κ1) is 62.7. The van der Waals surface area contributed by atoms with E-state index in [0.29, 0.717) is 17.4 Å². The molecule has 0 saturated carbocycles. The Labute approximate surface area is 397 Å². The summed E-state index contributed by atoms with van der Waals surface area (Å²) in [6, 6.07) is -0.867. The minimum atomic E-state index is -4.35. The average molecular weight is 924 g/mol. The Morgan fingerprint density at radius 3 is 1.25 bits per heavy atom. The fraction of sp³-hybridized carbons (Fsp3) is 0.873. The van der Waals surface area contributed by atoms with Crippen molar-refractivity contribution in [3.05, 3.63) is 36.5 Å². The molecule has 0 aromatic rings. The quantitative estimate of drug-likeness (QED) is 0.0243. The number of allylic oxidation sites excluding steroid dienone is 5. The van der Waals surface area contributed by atoms with E-state index >= 15 is 0 Å². The number of nitrogens with one attached hydrogen (secondary N) is 1. The molecule has 3 atom stereocenters. The Kier molecular flexibility index (Phi) is 45.9. The van der Waals surface area contributed by atoms with Crippen molar-refractivity contribution in [2.75, 3.05) is 40.9 Å². The Morgan fingerprint density at radius 1 is 0.516 bits per heavy atom. The molecule has 0 heterocycles. The molecule has 0 rings (SSSR count). The lowest BCUT2D eigenvalue weighted by Gasteiger charge is -2.25. The minimum Gasteiger partial charge on any atom is -0.387 e. The van der Waals surface area contributed by atoms with Crippen molar-refractivity contribution in [2.45, 2.75) is 270 Å².